The Kier molecular flexibility index (Phi) is 9.93. The molecule has 2 aromatic carbocycles. The summed E-state index contributed by atoms with van der Waals surface area (Å²) in [6, 6.07) is 13.5. The number of hydrogen-bond acceptors (Lipinski definition) is 7. The maximum atomic E-state index is 12.8. The number of carboxylic acid groups (broad SMARTS) is 2. The molecule has 0 spiro atoms. The van der Waals surface area contributed by atoms with Gasteiger partial charge >= 0.3 is 11.9 Å². The Hall–Kier alpha value is -3.97. The van der Waals surface area contributed by atoms with Crippen molar-refractivity contribution >= 4 is 39.5 Å². The van der Waals surface area contributed by atoms with Crippen LogP contribution in [-0.2, 0) is 29.2 Å². The number of ether oxygens (including phenoxy) is 1. The molecule has 13 heteroatoms. The number of piperazine rings is 1. The van der Waals surface area contributed by atoms with E-state index >= 15 is 0 Å². The van der Waals surface area contributed by atoms with Crippen molar-refractivity contribution in [3.8, 4) is 5.75 Å². The standard InChI is InChI=1S/C21H25N3O5S.C2H2O4/c1-16-3-7-19(8-4-16)29-15-21(26)23-11-13-24(14-12-23)30(27,28)20-9-5-18(6-10-20)22-17(2)25;3-1(4)2(5)6/h3-10H,11-15H2,1-2H3,(H,22,25);(H,3,4)(H,5,6). The summed E-state index contributed by atoms with van der Waals surface area (Å²) in [5.74, 6) is -3.42. The molecule has 0 aliphatic carbocycles. The zero-order valence-electron chi connectivity index (χ0n) is 19.7. The SMILES string of the molecule is CC(=O)Nc1ccc(S(=O)(=O)N2CCN(C(=O)COc3ccc(C)cc3)CC2)cc1.O=C(O)C(=O)O. The van der Waals surface area contributed by atoms with Crippen LogP contribution in [0.15, 0.2) is 53.4 Å². The lowest BCUT2D eigenvalue weighted by Crippen LogP contribution is -2.51. The van der Waals surface area contributed by atoms with Gasteiger partial charge in [-0.25, -0.2) is 18.0 Å². The number of amides is 2. The van der Waals surface area contributed by atoms with Gasteiger partial charge in [0.05, 0.1) is 4.90 Å². The van der Waals surface area contributed by atoms with Gasteiger partial charge in [0, 0.05) is 38.8 Å². The quantitative estimate of drug-likeness (QED) is 0.470. The Morgan fingerprint density at radius 2 is 1.42 bits per heavy atom. The van der Waals surface area contributed by atoms with Gasteiger partial charge < -0.3 is 25.2 Å². The second-order valence-electron chi connectivity index (χ2n) is 7.70. The van der Waals surface area contributed by atoms with Crippen molar-refractivity contribution in [3.05, 3.63) is 54.1 Å². The van der Waals surface area contributed by atoms with Crippen LogP contribution in [0.3, 0.4) is 0 Å². The van der Waals surface area contributed by atoms with Crippen LogP contribution in [0.1, 0.15) is 12.5 Å². The number of rotatable bonds is 6. The predicted octanol–water partition coefficient (Wildman–Crippen LogP) is 1.02. The molecular weight excluding hydrogens is 494 g/mol. The minimum atomic E-state index is -3.66. The van der Waals surface area contributed by atoms with E-state index in [1.165, 1.54) is 23.4 Å². The molecule has 194 valence electrons. The van der Waals surface area contributed by atoms with Crippen molar-refractivity contribution in [2.24, 2.45) is 0 Å². The average molecular weight is 522 g/mol. The number of hydrogen-bond donors (Lipinski definition) is 3. The molecule has 3 rings (SSSR count). The molecule has 0 saturated carbocycles. The monoisotopic (exact) mass is 521 g/mol. The summed E-state index contributed by atoms with van der Waals surface area (Å²) in [5.41, 5.74) is 1.64. The third-order valence-electron chi connectivity index (χ3n) is 4.97. The second-order valence-corrected chi connectivity index (χ2v) is 9.64. The van der Waals surface area contributed by atoms with E-state index in [-0.39, 0.29) is 36.4 Å². The van der Waals surface area contributed by atoms with E-state index in [0.717, 1.165) is 5.56 Å². The highest BCUT2D eigenvalue weighted by Crippen LogP contribution is 2.20. The highest BCUT2D eigenvalue weighted by molar-refractivity contribution is 7.89. The van der Waals surface area contributed by atoms with Gasteiger partial charge in [-0.1, -0.05) is 17.7 Å². The van der Waals surface area contributed by atoms with Gasteiger partial charge in [0.1, 0.15) is 5.75 Å². The number of nitrogens with zero attached hydrogens (tertiary/aromatic N) is 2. The summed E-state index contributed by atoms with van der Waals surface area (Å²) in [7, 11) is -3.66. The smallest absolute Gasteiger partial charge is 0.414 e. The Morgan fingerprint density at radius 3 is 1.89 bits per heavy atom. The van der Waals surface area contributed by atoms with Crippen molar-refractivity contribution in [2.75, 3.05) is 38.1 Å². The van der Waals surface area contributed by atoms with Crippen LogP contribution >= 0.6 is 0 Å². The van der Waals surface area contributed by atoms with Crippen LogP contribution in [0, 0.1) is 6.92 Å². The van der Waals surface area contributed by atoms with E-state index in [2.05, 4.69) is 5.32 Å². The molecule has 2 aromatic rings. The third kappa shape index (κ3) is 8.36. The van der Waals surface area contributed by atoms with Gasteiger partial charge in [0.15, 0.2) is 6.61 Å². The normalized spacial score (nSPS) is 13.7. The molecule has 0 bridgehead atoms. The van der Waals surface area contributed by atoms with E-state index in [9.17, 15) is 18.0 Å². The Balaban J connectivity index is 0.000000678. The number of benzene rings is 2. The highest BCUT2D eigenvalue weighted by Gasteiger charge is 2.30. The van der Waals surface area contributed by atoms with Gasteiger partial charge in [-0.15, -0.1) is 0 Å². The van der Waals surface area contributed by atoms with Crippen LogP contribution < -0.4 is 10.1 Å². The van der Waals surface area contributed by atoms with E-state index in [1.54, 1.807) is 17.0 Å². The first kappa shape index (κ1) is 28.3. The van der Waals surface area contributed by atoms with Crippen molar-refractivity contribution in [2.45, 2.75) is 18.7 Å². The number of carbonyl (C=O) groups excluding carboxylic acids is 2. The lowest BCUT2D eigenvalue weighted by molar-refractivity contribution is -0.159. The summed E-state index contributed by atoms with van der Waals surface area (Å²) in [6.07, 6.45) is 0. The van der Waals surface area contributed by atoms with Crippen LogP contribution in [0.25, 0.3) is 0 Å². The van der Waals surface area contributed by atoms with Crippen LogP contribution in [0.4, 0.5) is 5.69 Å². The first-order valence-corrected chi connectivity index (χ1v) is 12.2. The van der Waals surface area contributed by atoms with Crippen molar-refractivity contribution in [3.63, 3.8) is 0 Å². The van der Waals surface area contributed by atoms with Gasteiger partial charge in [-0.05, 0) is 43.3 Å². The summed E-state index contributed by atoms with van der Waals surface area (Å²) in [6.45, 7) is 4.31. The Bertz CT molecular complexity index is 1180. The molecule has 3 N–H and O–H groups in total. The first-order chi connectivity index (χ1) is 16.9. The lowest BCUT2D eigenvalue weighted by atomic mass is 10.2. The molecule has 1 saturated heterocycles. The molecule has 1 fully saturated rings. The molecule has 1 aliphatic heterocycles. The molecule has 12 nitrogen and oxygen atoms in total. The zero-order chi connectivity index (χ0) is 26.9. The summed E-state index contributed by atoms with van der Waals surface area (Å²) >= 11 is 0. The van der Waals surface area contributed by atoms with Crippen molar-refractivity contribution < 1.29 is 42.5 Å². The molecule has 36 heavy (non-hydrogen) atoms. The second kappa shape index (κ2) is 12.7. The van der Waals surface area contributed by atoms with E-state index in [1.807, 2.05) is 31.2 Å². The number of aryl methyl sites for hydroxylation is 1. The fraction of sp³-hybridized carbons (Fsp3) is 0.304. The first-order valence-electron chi connectivity index (χ1n) is 10.7. The Morgan fingerprint density at radius 1 is 0.889 bits per heavy atom. The van der Waals surface area contributed by atoms with Gasteiger partial charge in [0.2, 0.25) is 15.9 Å². The molecule has 0 unspecified atom stereocenters. The minimum Gasteiger partial charge on any atom is -0.484 e. The van der Waals surface area contributed by atoms with Crippen molar-refractivity contribution in [1.82, 2.24) is 9.21 Å². The van der Waals surface area contributed by atoms with Crippen LogP contribution in [-0.4, -0.2) is 84.4 Å². The lowest BCUT2D eigenvalue weighted by Gasteiger charge is -2.34. The number of sulfonamides is 1. The summed E-state index contributed by atoms with van der Waals surface area (Å²) in [5, 5.41) is 17.4. The summed E-state index contributed by atoms with van der Waals surface area (Å²) in [4.78, 5) is 43.4. The predicted molar refractivity (Wildman–Crippen MR) is 128 cm³/mol. The Labute approximate surface area is 208 Å². The van der Waals surface area contributed by atoms with Gasteiger partial charge in [0.25, 0.3) is 5.91 Å². The van der Waals surface area contributed by atoms with Crippen LogP contribution in [0.5, 0.6) is 5.75 Å². The van der Waals surface area contributed by atoms with E-state index in [4.69, 9.17) is 24.5 Å². The molecule has 0 radical (unpaired) electrons. The van der Waals surface area contributed by atoms with E-state index < -0.39 is 22.0 Å². The topological polar surface area (TPSA) is 171 Å². The fourth-order valence-corrected chi connectivity index (χ4v) is 4.53. The molecule has 1 heterocycles. The molecule has 0 atom stereocenters. The molecule has 1 aliphatic rings. The van der Waals surface area contributed by atoms with Gasteiger partial charge in [-0.2, -0.15) is 4.31 Å². The third-order valence-corrected chi connectivity index (χ3v) is 6.88. The minimum absolute atomic E-state index is 0.0829. The number of carbonyl (C=O) groups is 4. The van der Waals surface area contributed by atoms with E-state index in [0.29, 0.717) is 24.5 Å². The molecular formula is C23H27N3O9S. The number of anilines is 1. The largest absolute Gasteiger partial charge is 0.484 e. The maximum absolute atomic E-state index is 12.8. The van der Waals surface area contributed by atoms with Crippen LogP contribution in [0.2, 0.25) is 0 Å². The number of aliphatic carboxylic acids is 2. The number of carboxylic acids is 2. The number of nitrogens with one attached hydrogen (secondary N) is 1. The zero-order valence-corrected chi connectivity index (χ0v) is 20.5. The summed E-state index contributed by atoms with van der Waals surface area (Å²) < 4.78 is 32.6. The van der Waals surface area contributed by atoms with Crippen molar-refractivity contribution in [1.29, 1.82) is 0 Å². The maximum Gasteiger partial charge on any atom is 0.414 e. The molecule has 0 aromatic heterocycles. The fourth-order valence-electron chi connectivity index (χ4n) is 3.11. The highest BCUT2D eigenvalue weighted by atomic mass is 32.2. The molecule has 2 amide bonds. The average Bonchev–Trinajstić information content (AvgIpc) is 2.84. The van der Waals surface area contributed by atoms with Gasteiger partial charge in [-0.3, -0.25) is 9.59 Å².